The van der Waals surface area contributed by atoms with E-state index in [1.807, 2.05) is 0 Å². The average Bonchev–Trinajstić information content (AvgIpc) is 2.02. The monoisotopic (exact) mass is 195 g/mol. The molecule has 1 aromatic rings. The average molecular weight is 195 g/mol. The maximum atomic E-state index is 12.7. The van der Waals surface area contributed by atoms with Crippen molar-refractivity contribution < 1.29 is 22.7 Å². The van der Waals surface area contributed by atoms with Crippen LogP contribution >= 0.6 is 0 Å². The maximum absolute atomic E-state index is 12.7. The molecule has 13 heavy (non-hydrogen) atoms. The zero-order chi connectivity index (χ0) is 10.1. The number of nitrogens with zero attached hydrogens (tertiary/aromatic N) is 1. The smallest absolute Gasteiger partial charge is 0.391 e. The van der Waals surface area contributed by atoms with E-state index in [-0.39, 0.29) is 0 Å². The SMILES string of the molecule is OCc1c(F)ccnc1C(F)(F)F. The lowest BCUT2D eigenvalue weighted by atomic mass is 10.2. The van der Waals surface area contributed by atoms with Crippen molar-refractivity contribution in [2.75, 3.05) is 0 Å². The Morgan fingerprint density at radius 3 is 2.38 bits per heavy atom. The van der Waals surface area contributed by atoms with Gasteiger partial charge in [0.2, 0.25) is 0 Å². The lowest BCUT2D eigenvalue weighted by molar-refractivity contribution is -0.142. The summed E-state index contributed by atoms with van der Waals surface area (Å²) in [5.41, 5.74) is -2.20. The molecule has 0 aromatic carbocycles. The van der Waals surface area contributed by atoms with Crippen molar-refractivity contribution in [1.29, 1.82) is 0 Å². The van der Waals surface area contributed by atoms with Gasteiger partial charge in [0.05, 0.1) is 6.61 Å². The Labute approximate surface area is 70.8 Å². The molecule has 0 saturated carbocycles. The third kappa shape index (κ3) is 1.95. The summed E-state index contributed by atoms with van der Waals surface area (Å²) in [6.45, 7) is -1.02. The summed E-state index contributed by atoms with van der Waals surface area (Å²) in [6, 6.07) is 0.765. The van der Waals surface area contributed by atoms with E-state index in [1.54, 1.807) is 0 Å². The highest BCUT2D eigenvalue weighted by Gasteiger charge is 2.36. The van der Waals surface area contributed by atoms with Crippen molar-refractivity contribution in [3.63, 3.8) is 0 Å². The van der Waals surface area contributed by atoms with Crippen molar-refractivity contribution in [2.24, 2.45) is 0 Å². The molecular weight excluding hydrogens is 190 g/mol. The molecule has 6 heteroatoms. The third-order valence-corrected chi connectivity index (χ3v) is 1.43. The second-order valence-electron chi connectivity index (χ2n) is 2.28. The van der Waals surface area contributed by atoms with Crippen molar-refractivity contribution in [3.05, 3.63) is 29.3 Å². The Balaban J connectivity index is 3.29. The van der Waals surface area contributed by atoms with Crippen molar-refractivity contribution in [3.8, 4) is 0 Å². The zero-order valence-corrected chi connectivity index (χ0v) is 6.27. The van der Waals surface area contributed by atoms with Gasteiger partial charge in [0.15, 0.2) is 5.69 Å². The number of aliphatic hydroxyl groups is 1. The van der Waals surface area contributed by atoms with E-state index in [1.165, 1.54) is 0 Å². The molecule has 0 aliphatic carbocycles. The van der Waals surface area contributed by atoms with E-state index >= 15 is 0 Å². The second kappa shape index (κ2) is 3.29. The Morgan fingerprint density at radius 2 is 2.00 bits per heavy atom. The number of halogens is 4. The zero-order valence-electron chi connectivity index (χ0n) is 6.27. The van der Waals surface area contributed by atoms with Crippen molar-refractivity contribution >= 4 is 0 Å². The first kappa shape index (κ1) is 9.91. The van der Waals surface area contributed by atoms with Gasteiger partial charge in [-0.05, 0) is 6.07 Å². The molecule has 0 aliphatic rings. The lowest BCUT2D eigenvalue weighted by Gasteiger charge is -2.09. The number of pyridine rings is 1. The van der Waals surface area contributed by atoms with E-state index < -0.39 is 29.9 Å². The number of hydrogen-bond acceptors (Lipinski definition) is 2. The Kier molecular flexibility index (Phi) is 2.51. The Bertz CT molecular complexity index is 310. The summed E-state index contributed by atoms with van der Waals surface area (Å²) in [6.07, 6.45) is -4.03. The predicted octanol–water partition coefficient (Wildman–Crippen LogP) is 1.73. The molecule has 0 aliphatic heterocycles. The van der Waals surface area contributed by atoms with E-state index in [9.17, 15) is 17.6 Å². The largest absolute Gasteiger partial charge is 0.433 e. The number of aliphatic hydroxyl groups excluding tert-OH is 1. The highest BCUT2D eigenvalue weighted by atomic mass is 19.4. The van der Waals surface area contributed by atoms with Gasteiger partial charge in [-0.2, -0.15) is 13.2 Å². The molecule has 72 valence electrons. The first-order valence-electron chi connectivity index (χ1n) is 3.28. The minimum atomic E-state index is -4.74. The van der Waals surface area contributed by atoms with Gasteiger partial charge in [0.25, 0.3) is 0 Å². The van der Waals surface area contributed by atoms with Crippen molar-refractivity contribution in [1.82, 2.24) is 4.98 Å². The lowest BCUT2D eigenvalue weighted by Crippen LogP contribution is -2.13. The number of aromatic nitrogens is 1. The predicted molar refractivity (Wildman–Crippen MR) is 35.1 cm³/mol. The van der Waals surface area contributed by atoms with Gasteiger partial charge in [-0.1, -0.05) is 0 Å². The topological polar surface area (TPSA) is 33.1 Å². The second-order valence-corrected chi connectivity index (χ2v) is 2.28. The van der Waals surface area contributed by atoms with Gasteiger partial charge in [-0.3, -0.25) is 4.98 Å². The van der Waals surface area contributed by atoms with Crippen LogP contribution in [-0.2, 0) is 12.8 Å². The molecule has 0 spiro atoms. The van der Waals surface area contributed by atoms with Crippen LogP contribution in [0.5, 0.6) is 0 Å². The van der Waals surface area contributed by atoms with Crippen molar-refractivity contribution in [2.45, 2.75) is 12.8 Å². The normalized spacial score (nSPS) is 11.8. The molecule has 0 amide bonds. The first-order chi connectivity index (χ1) is 5.96. The van der Waals surface area contributed by atoms with Gasteiger partial charge in [0, 0.05) is 11.8 Å². The molecule has 0 atom stereocenters. The molecule has 1 aromatic heterocycles. The van der Waals surface area contributed by atoms with E-state index in [0.717, 1.165) is 6.07 Å². The summed E-state index contributed by atoms with van der Waals surface area (Å²) >= 11 is 0. The van der Waals surface area contributed by atoms with Crippen LogP contribution in [0, 0.1) is 5.82 Å². The first-order valence-corrected chi connectivity index (χ1v) is 3.28. The van der Waals surface area contributed by atoms with Crippen LogP contribution < -0.4 is 0 Å². The molecule has 1 rings (SSSR count). The quantitative estimate of drug-likeness (QED) is 0.692. The standard InChI is InChI=1S/C7H5F4NO/c8-5-1-2-12-6(4(5)3-13)7(9,10)11/h1-2,13H,3H2. The molecule has 0 radical (unpaired) electrons. The van der Waals surface area contributed by atoms with E-state index in [4.69, 9.17) is 5.11 Å². The molecular formula is C7H5F4NO. The minimum Gasteiger partial charge on any atom is -0.391 e. The Morgan fingerprint density at radius 1 is 1.38 bits per heavy atom. The van der Waals surface area contributed by atoms with Crippen LogP contribution in [-0.4, -0.2) is 10.1 Å². The van der Waals surface area contributed by atoms with Crippen LogP contribution in [0.2, 0.25) is 0 Å². The van der Waals surface area contributed by atoms with Crippen LogP contribution in [0.15, 0.2) is 12.3 Å². The molecule has 0 bridgehead atoms. The van der Waals surface area contributed by atoms with Crippen LogP contribution in [0.1, 0.15) is 11.3 Å². The molecule has 0 saturated heterocycles. The van der Waals surface area contributed by atoms with E-state index in [0.29, 0.717) is 6.20 Å². The number of hydrogen-bond donors (Lipinski definition) is 1. The van der Waals surface area contributed by atoms with Gasteiger partial charge >= 0.3 is 6.18 Å². The number of rotatable bonds is 1. The molecule has 1 heterocycles. The van der Waals surface area contributed by atoms with Gasteiger partial charge in [-0.25, -0.2) is 4.39 Å². The summed E-state index contributed by atoms with van der Waals surface area (Å²) in [5, 5.41) is 8.48. The van der Waals surface area contributed by atoms with Gasteiger partial charge in [0.1, 0.15) is 5.82 Å². The highest BCUT2D eigenvalue weighted by Crippen LogP contribution is 2.30. The summed E-state index contributed by atoms with van der Waals surface area (Å²) in [7, 11) is 0. The van der Waals surface area contributed by atoms with Crippen LogP contribution in [0.25, 0.3) is 0 Å². The fourth-order valence-electron chi connectivity index (χ4n) is 0.864. The Hall–Kier alpha value is -1.17. The van der Waals surface area contributed by atoms with Crippen LogP contribution in [0.3, 0.4) is 0 Å². The van der Waals surface area contributed by atoms with Gasteiger partial charge in [-0.15, -0.1) is 0 Å². The minimum absolute atomic E-state index is 0.706. The third-order valence-electron chi connectivity index (χ3n) is 1.43. The molecule has 0 unspecified atom stereocenters. The van der Waals surface area contributed by atoms with E-state index in [2.05, 4.69) is 4.98 Å². The fraction of sp³-hybridized carbons (Fsp3) is 0.286. The summed E-state index contributed by atoms with van der Waals surface area (Å²) < 4.78 is 48.9. The molecule has 2 nitrogen and oxygen atoms in total. The summed E-state index contributed by atoms with van der Waals surface area (Å²) in [5.74, 6) is -1.11. The summed E-state index contributed by atoms with van der Waals surface area (Å²) in [4.78, 5) is 2.96. The highest BCUT2D eigenvalue weighted by molar-refractivity contribution is 5.23. The molecule has 0 fully saturated rings. The van der Waals surface area contributed by atoms with Crippen LogP contribution in [0.4, 0.5) is 17.6 Å². The fourth-order valence-corrected chi connectivity index (χ4v) is 0.864. The number of alkyl halides is 3. The maximum Gasteiger partial charge on any atom is 0.433 e. The molecule has 1 N–H and O–H groups in total. The van der Waals surface area contributed by atoms with Gasteiger partial charge < -0.3 is 5.11 Å².